The van der Waals surface area contributed by atoms with Crippen molar-refractivity contribution in [1.82, 2.24) is 5.06 Å². The number of nitro groups is 1. The van der Waals surface area contributed by atoms with E-state index in [2.05, 4.69) is 5.06 Å². The number of hydrogen-bond acceptors (Lipinski definition) is 5. The standard InChI is InChI=1S/C17H19N3O3/c21-20(22)14-3-1-12(2-4-14)17-18-16-13-6-10-5-11(7-13)9-15(8-10)19(16)23-17/h1-4,10-11,13,15-16H,5-9H2/t10-,11+,13?,15?,16?. The summed E-state index contributed by atoms with van der Waals surface area (Å²) in [7, 11) is 0. The number of aliphatic imine (C=N–C) groups is 1. The summed E-state index contributed by atoms with van der Waals surface area (Å²) in [5, 5.41) is 12.9. The zero-order chi connectivity index (χ0) is 15.6. The van der Waals surface area contributed by atoms with Crippen molar-refractivity contribution in [1.29, 1.82) is 0 Å². The van der Waals surface area contributed by atoms with Crippen LogP contribution in [0.15, 0.2) is 29.3 Å². The lowest BCUT2D eigenvalue weighted by Gasteiger charge is -2.38. The predicted molar refractivity (Wildman–Crippen MR) is 83.7 cm³/mol. The van der Waals surface area contributed by atoms with E-state index < -0.39 is 0 Å². The predicted octanol–water partition coefficient (Wildman–Crippen LogP) is 3.12. The summed E-state index contributed by atoms with van der Waals surface area (Å²) in [5.74, 6) is 2.92. The normalized spacial score (nSPS) is 37.9. The van der Waals surface area contributed by atoms with Crippen LogP contribution in [0.2, 0.25) is 0 Å². The minimum atomic E-state index is -0.384. The van der Waals surface area contributed by atoms with Gasteiger partial charge in [0.2, 0.25) is 5.90 Å². The molecule has 0 radical (unpaired) electrons. The van der Waals surface area contributed by atoms with Gasteiger partial charge in [0.25, 0.3) is 5.69 Å². The van der Waals surface area contributed by atoms with Crippen molar-refractivity contribution in [2.75, 3.05) is 0 Å². The fourth-order valence-electron chi connectivity index (χ4n) is 5.13. The Balaban J connectivity index is 1.45. The van der Waals surface area contributed by atoms with Crippen LogP contribution in [-0.4, -0.2) is 28.1 Å². The summed E-state index contributed by atoms with van der Waals surface area (Å²) in [5.41, 5.74) is 0.922. The molecule has 1 aromatic carbocycles. The molecule has 23 heavy (non-hydrogen) atoms. The highest BCUT2D eigenvalue weighted by molar-refractivity contribution is 5.95. The molecule has 2 saturated carbocycles. The van der Waals surface area contributed by atoms with E-state index in [0.717, 1.165) is 17.4 Å². The zero-order valence-corrected chi connectivity index (χ0v) is 12.8. The van der Waals surface area contributed by atoms with E-state index in [1.54, 1.807) is 12.1 Å². The maximum atomic E-state index is 10.8. The van der Waals surface area contributed by atoms with Gasteiger partial charge in [0.15, 0.2) is 0 Å². The van der Waals surface area contributed by atoms with Gasteiger partial charge in [-0.1, -0.05) is 0 Å². The molecule has 5 aliphatic rings. The number of benzene rings is 1. The smallest absolute Gasteiger partial charge is 0.269 e. The first-order valence-corrected chi connectivity index (χ1v) is 8.46. The second kappa shape index (κ2) is 4.77. The maximum Gasteiger partial charge on any atom is 0.269 e. The average molecular weight is 313 g/mol. The molecule has 0 spiro atoms. The highest BCUT2D eigenvalue weighted by Gasteiger charge is 2.51. The summed E-state index contributed by atoms with van der Waals surface area (Å²) in [6.45, 7) is 0. The van der Waals surface area contributed by atoms with Gasteiger partial charge in [0.1, 0.15) is 6.17 Å². The summed E-state index contributed by atoms with van der Waals surface area (Å²) < 4.78 is 0. The van der Waals surface area contributed by atoms with Crippen LogP contribution in [0.1, 0.15) is 37.7 Å². The number of nitrogens with zero attached hydrogens (tertiary/aromatic N) is 3. The SMILES string of the molecule is O=[N+]([O-])c1ccc(C2=NC3C4C[C@@H]5CC(C[C@H](C4)C5)N3O2)cc1. The first-order chi connectivity index (χ1) is 11.2. The summed E-state index contributed by atoms with van der Waals surface area (Å²) in [6, 6.07) is 6.98. The van der Waals surface area contributed by atoms with Gasteiger partial charge in [-0.25, -0.2) is 4.99 Å². The Morgan fingerprint density at radius 3 is 2.43 bits per heavy atom. The molecule has 0 aromatic heterocycles. The fraction of sp³-hybridized carbons (Fsp3) is 0.588. The molecular formula is C17H19N3O3. The summed E-state index contributed by atoms with van der Waals surface area (Å²) in [6.07, 6.45) is 6.54. The van der Waals surface area contributed by atoms with Crippen LogP contribution in [0.25, 0.3) is 0 Å². The molecule has 6 heteroatoms. The van der Waals surface area contributed by atoms with Crippen LogP contribution in [0.3, 0.4) is 0 Å². The summed E-state index contributed by atoms with van der Waals surface area (Å²) in [4.78, 5) is 21.4. The lowest BCUT2D eigenvalue weighted by atomic mass is 9.68. The largest absolute Gasteiger partial charge is 0.383 e. The Kier molecular flexibility index (Phi) is 2.80. The van der Waals surface area contributed by atoms with Crippen LogP contribution < -0.4 is 0 Å². The molecule has 0 amide bonds. The third kappa shape index (κ3) is 2.08. The Bertz CT molecular complexity index is 673. The van der Waals surface area contributed by atoms with Crippen molar-refractivity contribution >= 4 is 11.6 Å². The number of rotatable bonds is 2. The second-order valence-corrected chi connectivity index (χ2v) is 7.43. The first-order valence-electron chi connectivity index (χ1n) is 8.46. The van der Waals surface area contributed by atoms with Crippen molar-refractivity contribution in [2.45, 2.75) is 44.3 Å². The number of hydroxylamine groups is 2. The van der Waals surface area contributed by atoms with E-state index in [9.17, 15) is 10.1 Å². The van der Waals surface area contributed by atoms with Crippen LogP contribution in [0.4, 0.5) is 5.69 Å². The molecule has 1 aromatic rings. The third-order valence-corrected chi connectivity index (χ3v) is 5.96. The van der Waals surface area contributed by atoms with E-state index in [4.69, 9.17) is 9.83 Å². The number of hydrogen-bond donors (Lipinski definition) is 0. The molecule has 3 aliphatic heterocycles. The van der Waals surface area contributed by atoms with Gasteiger partial charge < -0.3 is 4.84 Å². The van der Waals surface area contributed by atoms with Gasteiger partial charge in [0, 0.05) is 23.7 Å². The monoisotopic (exact) mass is 313 g/mol. The van der Waals surface area contributed by atoms with Crippen molar-refractivity contribution in [3.8, 4) is 0 Å². The Morgan fingerprint density at radius 2 is 1.78 bits per heavy atom. The Hall–Kier alpha value is -1.95. The quantitative estimate of drug-likeness (QED) is 0.621. The third-order valence-electron chi connectivity index (χ3n) is 5.96. The van der Waals surface area contributed by atoms with Gasteiger partial charge in [-0.3, -0.25) is 10.1 Å². The van der Waals surface area contributed by atoms with Gasteiger partial charge >= 0.3 is 0 Å². The molecule has 6 rings (SSSR count). The molecule has 120 valence electrons. The van der Waals surface area contributed by atoms with E-state index in [1.807, 2.05) is 0 Å². The van der Waals surface area contributed by atoms with E-state index in [1.165, 1.54) is 44.2 Å². The summed E-state index contributed by atoms with van der Waals surface area (Å²) >= 11 is 0. The highest BCUT2D eigenvalue weighted by Crippen LogP contribution is 2.51. The van der Waals surface area contributed by atoms with Gasteiger partial charge in [0.05, 0.1) is 4.92 Å². The molecule has 2 saturated heterocycles. The van der Waals surface area contributed by atoms with Crippen molar-refractivity contribution in [3.05, 3.63) is 39.9 Å². The molecular weight excluding hydrogens is 294 g/mol. The first kappa shape index (κ1) is 13.5. The van der Waals surface area contributed by atoms with Crippen molar-refractivity contribution < 1.29 is 9.76 Å². The van der Waals surface area contributed by atoms with E-state index >= 15 is 0 Å². The van der Waals surface area contributed by atoms with E-state index in [-0.39, 0.29) is 16.8 Å². The molecule has 4 bridgehead atoms. The fourth-order valence-corrected chi connectivity index (χ4v) is 5.13. The van der Waals surface area contributed by atoms with Gasteiger partial charge in [-0.2, -0.15) is 0 Å². The minimum absolute atomic E-state index is 0.0961. The average Bonchev–Trinajstić information content (AvgIpc) is 2.93. The number of non-ortho nitro benzene ring substituents is 1. The Morgan fingerprint density at radius 1 is 1.09 bits per heavy atom. The number of nitro benzene ring substituents is 1. The molecule has 3 heterocycles. The van der Waals surface area contributed by atoms with Crippen molar-refractivity contribution in [2.24, 2.45) is 22.7 Å². The second-order valence-electron chi connectivity index (χ2n) is 7.43. The molecule has 5 atom stereocenters. The minimum Gasteiger partial charge on any atom is -0.383 e. The molecule has 4 fully saturated rings. The van der Waals surface area contributed by atoms with Crippen LogP contribution >= 0.6 is 0 Å². The van der Waals surface area contributed by atoms with Crippen LogP contribution in [-0.2, 0) is 4.84 Å². The molecule has 3 unspecified atom stereocenters. The molecule has 6 nitrogen and oxygen atoms in total. The Labute approximate surface area is 134 Å². The molecule has 0 N–H and O–H groups in total. The van der Waals surface area contributed by atoms with Gasteiger partial charge in [-0.15, -0.1) is 5.06 Å². The van der Waals surface area contributed by atoms with Crippen LogP contribution in [0, 0.1) is 27.9 Å². The van der Waals surface area contributed by atoms with Gasteiger partial charge in [-0.05, 0) is 62.0 Å². The lowest BCUT2D eigenvalue weighted by Crippen LogP contribution is -2.40. The van der Waals surface area contributed by atoms with Crippen molar-refractivity contribution in [3.63, 3.8) is 0 Å². The topological polar surface area (TPSA) is 68.0 Å². The zero-order valence-electron chi connectivity index (χ0n) is 12.8. The lowest BCUT2D eigenvalue weighted by molar-refractivity contribution is -0.384. The van der Waals surface area contributed by atoms with E-state index in [0.29, 0.717) is 17.9 Å². The van der Waals surface area contributed by atoms with Crippen LogP contribution in [0.5, 0.6) is 0 Å². The maximum absolute atomic E-state index is 10.8. The highest BCUT2D eigenvalue weighted by atomic mass is 16.7. The molecule has 2 aliphatic carbocycles.